The quantitative estimate of drug-likeness (QED) is 0.662. The summed E-state index contributed by atoms with van der Waals surface area (Å²) < 4.78 is 14.3. The summed E-state index contributed by atoms with van der Waals surface area (Å²) in [6.45, 7) is 1.67. The van der Waals surface area contributed by atoms with E-state index in [9.17, 15) is 4.39 Å². The summed E-state index contributed by atoms with van der Waals surface area (Å²) in [6.07, 6.45) is 1.47. The molecule has 29 heavy (non-hydrogen) atoms. The van der Waals surface area contributed by atoms with Crippen LogP contribution in [0.1, 0.15) is 5.56 Å². The molecular formula is C23H21FN4S. The third-order valence-corrected chi connectivity index (χ3v) is 6.80. The van der Waals surface area contributed by atoms with Gasteiger partial charge in [-0.2, -0.15) is 4.39 Å². The second-order valence-corrected chi connectivity index (χ2v) is 8.56. The first kappa shape index (κ1) is 18.2. The lowest BCUT2D eigenvalue weighted by molar-refractivity contribution is 0.388. The number of para-hydroxylation sites is 1. The number of hydrogen-bond donors (Lipinski definition) is 1. The van der Waals surface area contributed by atoms with Crippen LogP contribution in [-0.2, 0) is 5.54 Å². The van der Waals surface area contributed by atoms with Crippen LogP contribution < -0.4 is 10.6 Å². The molecule has 5 rings (SSSR count). The molecule has 2 atom stereocenters. The lowest BCUT2D eigenvalue weighted by atomic mass is 9.81. The van der Waals surface area contributed by atoms with Gasteiger partial charge in [0.2, 0.25) is 5.95 Å². The molecule has 1 fully saturated rings. The van der Waals surface area contributed by atoms with Crippen LogP contribution in [0.5, 0.6) is 0 Å². The molecule has 2 aromatic carbocycles. The molecule has 4 nitrogen and oxygen atoms in total. The Balaban J connectivity index is 1.60. The monoisotopic (exact) mass is 404 g/mol. The Morgan fingerprint density at radius 1 is 1.07 bits per heavy atom. The summed E-state index contributed by atoms with van der Waals surface area (Å²) in [4.78, 5) is 11.2. The minimum absolute atomic E-state index is 0.328. The van der Waals surface area contributed by atoms with E-state index in [-0.39, 0.29) is 0 Å². The fourth-order valence-electron chi connectivity index (χ4n) is 4.42. The fourth-order valence-corrected chi connectivity index (χ4v) is 5.40. The number of amidine groups is 1. The molecule has 3 heterocycles. The Morgan fingerprint density at radius 3 is 2.76 bits per heavy atom. The highest BCUT2D eigenvalue weighted by Crippen LogP contribution is 2.47. The average Bonchev–Trinajstić information content (AvgIpc) is 3.15. The van der Waals surface area contributed by atoms with Gasteiger partial charge in [0.05, 0.1) is 0 Å². The van der Waals surface area contributed by atoms with Crippen LogP contribution in [0.15, 0.2) is 77.9 Å². The fraction of sp³-hybridized carbons (Fsp3) is 0.217. The van der Waals surface area contributed by atoms with E-state index in [1.165, 1.54) is 11.9 Å². The van der Waals surface area contributed by atoms with Crippen molar-refractivity contribution >= 4 is 22.6 Å². The second-order valence-electron chi connectivity index (χ2n) is 7.52. The first-order valence-corrected chi connectivity index (χ1v) is 10.6. The number of nitrogens with zero attached hydrogens (tertiary/aromatic N) is 3. The zero-order valence-corrected chi connectivity index (χ0v) is 16.6. The molecule has 6 heteroatoms. The molecule has 2 unspecified atom stereocenters. The van der Waals surface area contributed by atoms with E-state index in [1.807, 2.05) is 24.3 Å². The van der Waals surface area contributed by atoms with Gasteiger partial charge >= 0.3 is 0 Å². The summed E-state index contributed by atoms with van der Waals surface area (Å²) in [5, 5.41) is 0.620. The molecule has 1 aromatic heterocycles. The molecule has 3 aromatic rings. The van der Waals surface area contributed by atoms with Crippen LogP contribution in [0.25, 0.3) is 11.1 Å². The largest absolute Gasteiger partial charge is 0.379 e. The van der Waals surface area contributed by atoms with E-state index in [1.54, 1.807) is 23.9 Å². The average molecular weight is 405 g/mol. The maximum atomic E-state index is 14.3. The van der Waals surface area contributed by atoms with Crippen LogP contribution in [0.2, 0.25) is 0 Å². The van der Waals surface area contributed by atoms with Gasteiger partial charge in [-0.1, -0.05) is 48.2 Å². The summed E-state index contributed by atoms with van der Waals surface area (Å²) in [5.41, 5.74) is 9.34. The van der Waals surface area contributed by atoms with Crippen molar-refractivity contribution in [2.24, 2.45) is 16.6 Å². The summed E-state index contributed by atoms with van der Waals surface area (Å²) in [7, 11) is 0. The zero-order chi connectivity index (χ0) is 19.8. The molecule has 0 saturated carbocycles. The van der Waals surface area contributed by atoms with E-state index in [0.717, 1.165) is 30.0 Å². The van der Waals surface area contributed by atoms with Gasteiger partial charge in [-0.3, -0.25) is 0 Å². The third kappa shape index (κ3) is 3.17. The molecule has 0 amide bonds. The number of aromatic nitrogens is 1. The number of fused-ring (bicyclic) bond motifs is 1. The molecule has 0 spiro atoms. The first-order valence-electron chi connectivity index (χ1n) is 9.65. The minimum atomic E-state index is -0.460. The molecule has 146 valence electrons. The predicted molar refractivity (Wildman–Crippen MR) is 118 cm³/mol. The van der Waals surface area contributed by atoms with Gasteiger partial charge < -0.3 is 10.6 Å². The number of rotatable bonds is 3. The van der Waals surface area contributed by atoms with Gasteiger partial charge in [-0.15, -0.1) is 0 Å². The van der Waals surface area contributed by atoms with Gasteiger partial charge in [0.25, 0.3) is 0 Å². The summed E-state index contributed by atoms with van der Waals surface area (Å²) >= 11 is 1.62. The maximum absolute atomic E-state index is 14.3. The maximum Gasteiger partial charge on any atom is 0.220 e. The highest BCUT2D eigenvalue weighted by Gasteiger charge is 2.50. The number of hydrogen-bond acceptors (Lipinski definition) is 5. The molecule has 2 aliphatic heterocycles. The SMILES string of the molecule is NC1=NC2(c3cccc(-c4cccnc4F)c3)CN(c3ccccc3)CC2CS1. The van der Waals surface area contributed by atoms with Gasteiger partial charge in [0.15, 0.2) is 5.17 Å². The van der Waals surface area contributed by atoms with E-state index in [4.69, 9.17) is 10.7 Å². The standard InChI is InChI=1S/C23H21FN4S/c24-21-20(10-5-11-26-21)16-6-4-7-17(12-16)23-15-28(19-8-2-1-3-9-19)13-18(23)14-29-22(25)27-23/h1-12,18H,13-15H2,(H2,25,27). The Bertz CT molecular complexity index is 1070. The van der Waals surface area contributed by atoms with Crippen molar-refractivity contribution in [3.05, 3.63) is 84.4 Å². The van der Waals surface area contributed by atoms with E-state index in [2.05, 4.69) is 40.2 Å². The van der Waals surface area contributed by atoms with Crippen LogP contribution in [-0.4, -0.2) is 29.0 Å². The topological polar surface area (TPSA) is 54.5 Å². The summed E-state index contributed by atoms with van der Waals surface area (Å²) in [5.74, 6) is 0.789. The van der Waals surface area contributed by atoms with E-state index < -0.39 is 11.5 Å². The highest BCUT2D eigenvalue weighted by atomic mass is 32.2. The van der Waals surface area contributed by atoms with Crippen molar-refractivity contribution < 1.29 is 4.39 Å². The van der Waals surface area contributed by atoms with E-state index in [0.29, 0.717) is 16.6 Å². The van der Waals surface area contributed by atoms with Gasteiger partial charge in [0.1, 0.15) is 5.54 Å². The Kier molecular flexibility index (Phi) is 4.51. The summed E-state index contributed by atoms with van der Waals surface area (Å²) in [6, 6.07) is 22.0. The smallest absolute Gasteiger partial charge is 0.220 e. The number of halogens is 1. The third-order valence-electron chi connectivity index (χ3n) is 5.84. The van der Waals surface area contributed by atoms with Crippen molar-refractivity contribution in [2.75, 3.05) is 23.7 Å². The lowest BCUT2D eigenvalue weighted by Crippen LogP contribution is -2.40. The molecular weight excluding hydrogens is 383 g/mol. The molecule has 0 bridgehead atoms. The van der Waals surface area contributed by atoms with Crippen LogP contribution in [0.3, 0.4) is 0 Å². The zero-order valence-electron chi connectivity index (χ0n) is 15.8. The highest BCUT2D eigenvalue weighted by molar-refractivity contribution is 8.13. The number of thioether (sulfide) groups is 1. The second kappa shape index (κ2) is 7.19. The number of benzene rings is 2. The van der Waals surface area contributed by atoms with Crippen LogP contribution in [0, 0.1) is 11.9 Å². The van der Waals surface area contributed by atoms with Gasteiger partial charge in [-0.05, 0) is 41.5 Å². The molecule has 0 aliphatic carbocycles. The Morgan fingerprint density at radius 2 is 1.93 bits per heavy atom. The number of aliphatic imine (C=N–C) groups is 1. The lowest BCUT2D eigenvalue weighted by Gasteiger charge is -2.35. The van der Waals surface area contributed by atoms with Crippen molar-refractivity contribution in [1.82, 2.24) is 4.98 Å². The van der Waals surface area contributed by atoms with E-state index >= 15 is 0 Å². The van der Waals surface area contributed by atoms with Crippen molar-refractivity contribution in [3.8, 4) is 11.1 Å². The molecule has 2 aliphatic rings. The van der Waals surface area contributed by atoms with Crippen molar-refractivity contribution in [3.63, 3.8) is 0 Å². The van der Waals surface area contributed by atoms with Gasteiger partial charge in [0, 0.05) is 42.2 Å². The first-order chi connectivity index (χ1) is 14.2. The van der Waals surface area contributed by atoms with Crippen molar-refractivity contribution in [2.45, 2.75) is 5.54 Å². The predicted octanol–water partition coefficient (Wildman–Crippen LogP) is 4.28. The number of nitrogens with two attached hydrogens (primary N) is 1. The minimum Gasteiger partial charge on any atom is -0.379 e. The Labute approximate surface area is 173 Å². The molecule has 2 N–H and O–H groups in total. The Hall–Kier alpha value is -2.86. The van der Waals surface area contributed by atoms with Crippen LogP contribution >= 0.6 is 11.8 Å². The number of pyridine rings is 1. The van der Waals surface area contributed by atoms with Gasteiger partial charge in [-0.25, -0.2) is 9.98 Å². The molecule has 1 saturated heterocycles. The van der Waals surface area contributed by atoms with Crippen LogP contribution in [0.4, 0.5) is 10.1 Å². The molecule has 0 radical (unpaired) electrons. The normalized spacial score (nSPS) is 23.6. The number of anilines is 1. The van der Waals surface area contributed by atoms with Crippen molar-refractivity contribution in [1.29, 1.82) is 0 Å².